The zero-order chi connectivity index (χ0) is 16.1. The molecule has 1 N–H and O–H groups in total. The molecule has 2 atom stereocenters. The Morgan fingerprint density at radius 1 is 1.09 bits per heavy atom. The molecular weight excluding hydrogens is 314 g/mol. The molecule has 2 aliphatic heterocycles. The van der Waals surface area contributed by atoms with Crippen LogP contribution < -0.4 is 0 Å². The summed E-state index contributed by atoms with van der Waals surface area (Å²) in [6.07, 6.45) is 4.45. The van der Waals surface area contributed by atoms with Crippen molar-refractivity contribution in [1.29, 1.82) is 0 Å². The highest BCUT2D eigenvalue weighted by atomic mass is 32.2. The molecule has 1 aromatic heterocycles. The van der Waals surface area contributed by atoms with Gasteiger partial charge < -0.3 is 9.63 Å². The van der Waals surface area contributed by atoms with E-state index in [1.54, 1.807) is 12.3 Å². The summed E-state index contributed by atoms with van der Waals surface area (Å²) >= 11 is 0. The van der Waals surface area contributed by atoms with Crippen LogP contribution in [0.2, 0.25) is 0 Å². The number of aromatic nitrogens is 1. The van der Waals surface area contributed by atoms with Crippen molar-refractivity contribution in [3.63, 3.8) is 0 Å². The van der Waals surface area contributed by atoms with Crippen LogP contribution in [0.4, 0.5) is 0 Å². The third-order valence-corrected chi connectivity index (χ3v) is 7.92. The van der Waals surface area contributed by atoms with E-state index < -0.39 is 25.9 Å². The number of hydrogen-bond donors (Lipinski definition) is 1. The molecule has 0 saturated carbocycles. The smallest absolute Gasteiger partial charge is 0.166 e. The molecule has 2 fully saturated rings. The topological polar surface area (TPSA) is 80.4 Å². The van der Waals surface area contributed by atoms with Crippen LogP contribution in [0, 0.1) is 0 Å². The van der Waals surface area contributed by atoms with Crippen LogP contribution in [0.3, 0.4) is 0 Å². The van der Waals surface area contributed by atoms with Crippen LogP contribution in [0.5, 0.6) is 0 Å². The van der Waals surface area contributed by atoms with Gasteiger partial charge in [-0.15, -0.1) is 0 Å². The molecule has 0 radical (unpaired) electrons. The van der Waals surface area contributed by atoms with Gasteiger partial charge in [-0.1, -0.05) is 35.8 Å². The summed E-state index contributed by atoms with van der Waals surface area (Å²) < 4.78 is 29.9. The Labute approximate surface area is 135 Å². The van der Waals surface area contributed by atoms with Crippen LogP contribution in [-0.4, -0.2) is 29.2 Å². The zero-order valence-corrected chi connectivity index (χ0v) is 13.5. The first-order chi connectivity index (χ1) is 11.0. The first-order valence-electron chi connectivity index (χ1n) is 7.96. The third-order valence-electron chi connectivity index (χ3n) is 5.26. The van der Waals surface area contributed by atoms with Gasteiger partial charge in [-0.2, -0.15) is 0 Å². The predicted octanol–water partition coefficient (Wildman–Crippen LogP) is 2.66. The highest BCUT2D eigenvalue weighted by Gasteiger charge is 2.50. The largest absolute Gasteiger partial charge is 0.385 e. The SMILES string of the molecule is O=S1(=O)C2CCCC1CC(O)(c1ccc(-c3ccno3)cc1)C2. The second-order valence-corrected chi connectivity index (χ2v) is 9.17. The van der Waals surface area contributed by atoms with Gasteiger partial charge in [0, 0.05) is 11.6 Å². The van der Waals surface area contributed by atoms with Gasteiger partial charge in [-0.05, 0) is 31.2 Å². The van der Waals surface area contributed by atoms with Crippen molar-refractivity contribution in [1.82, 2.24) is 5.16 Å². The van der Waals surface area contributed by atoms with E-state index in [0.717, 1.165) is 17.5 Å². The quantitative estimate of drug-likeness (QED) is 0.914. The molecule has 4 rings (SSSR count). The number of hydrogen-bond acceptors (Lipinski definition) is 5. The van der Waals surface area contributed by atoms with Crippen molar-refractivity contribution < 1.29 is 18.0 Å². The number of rotatable bonds is 2. The lowest BCUT2D eigenvalue weighted by molar-refractivity contribution is 0.00502. The first kappa shape index (κ1) is 14.9. The summed E-state index contributed by atoms with van der Waals surface area (Å²) in [5.74, 6) is 0.673. The Kier molecular flexibility index (Phi) is 3.35. The molecule has 0 spiro atoms. The fourth-order valence-electron chi connectivity index (χ4n) is 3.99. The second kappa shape index (κ2) is 5.18. The lowest BCUT2D eigenvalue weighted by Crippen LogP contribution is -2.50. The normalized spacial score (nSPS) is 32.6. The van der Waals surface area contributed by atoms with Crippen LogP contribution in [-0.2, 0) is 15.4 Å². The van der Waals surface area contributed by atoms with Crippen molar-refractivity contribution in [2.24, 2.45) is 0 Å². The molecule has 0 amide bonds. The van der Waals surface area contributed by atoms with E-state index in [-0.39, 0.29) is 0 Å². The maximum absolute atomic E-state index is 12.4. The maximum atomic E-state index is 12.4. The number of fused-ring (bicyclic) bond motifs is 2. The molecule has 2 unspecified atom stereocenters. The van der Waals surface area contributed by atoms with Gasteiger partial charge in [0.2, 0.25) is 0 Å². The van der Waals surface area contributed by atoms with Gasteiger partial charge in [0.05, 0.1) is 22.3 Å². The van der Waals surface area contributed by atoms with Gasteiger partial charge in [-0.3, -0.25) is 0 Å². The van der Waals surface area contributed by atoms with E-state index in [1.807, 2.05) is 24.3 Å². The van der Waals surface area contributed by atoms with Crippen molar-refractivity contribution in [2.45, 2.75) is 48.2 Å². The molecule has 2 aromatic rings. The molecular formula is C17H19NO4S. The number of nitrogens with zero attached hydrogens (tertiary/aromatic N) is 1. The Bertz CT molecular complexity index is 776. The van der Waals surface area contributed by atoms with E-state index in [0.29, 0.717) is 31.4 Å². The predicted molar refractivity (Wildman–Crippen MR) is 85.4 cm³/mol. The lowest BCUT2D eigenvalue weighted by atomic mass is 9.80. The van der Waals surface area contributed by atoms with E-state index in [4.69, 9.17) is 4.52 Å². The summed E-state index contributed by atoms with van der Waals surface area (Å²) in [6, 6.07) is 9.28. The van der Waals surface area contributed by atoms with Gasteiger partial charge in [-0.25, -0.2) is 8.42 Å². The molecule has 2 saturated heterocycles. The molecule has 23 heavy (non-hydrogen) atoms. The van der Waals surface area contributed by atoms with Crippen molar-refractivity contribution in [2.75, 3.05) is 0 Å². The Morgan fingerprint density at radius 3 is 2.30 bits per heavy atom. The second-order valence-electron chi connectivity index (χ2n) is 6.66. The average Bonchev–Trinajstić information content (AvgIpc) is 3.03. The summed E-state index contributed by atoms with van der Waals surface area (Å²) in [4.78, 5) is 0. The van der Waals surface area contributed by atoms with Crippen molar-refractivity contribution in [3.05, 3.63) is 42.1 Å². The van der Waals surface area contributed by atoms with Gasteiger partial charge in [0.15, 0.2) is 15.6 Å². The van der Waals surface area contributed by atoms with Crippen LogP contribution in [0.1, 0.15) is 37.7 Å². The fraction of sp³-hybridized carbons (Fsp3) is 0.471. The highest BCUT2D eigenvalue weighted by Crippen LogP contribution is 2.46. The summed E-state index contributed by atoms with van der Waals surface area (Å²) in [5, 5.41) is 14.0. The maximum Gasteiger partial charge on any atom is 0.166 e. The van der Waals surface area contributed by atoms with E-state index in [9.17, 15) is 13.5 Å². The van der Waals surface area contributed by atoms with Gasteiger partial charge >= 0.3 is 0 Å². The lowest BCUT2D eigenvalue weighted by Gasteiger charge is -2.44. The van der Waals surface area contributed by atoms with Crippen LogP contribution in [0.15, 0.2) is 41.1 Å². The zero-order valence-electron chi connectivity index (χ0n) is 12.7. The summed E-state index contributed by atoms with van der Waals surface area (Å²) in [5.41, 5.74) is 0.618. The highest BCUT2D eigenvalue weighted by molar-refractivity contribution is 7.92. The molecule has 3 heterocycles. The van der Waals surface area contributed by atoms with Gasteiger partial charge in [0.25, 0.3) is 0 Å². The summed E-state index contributed by atoms with van der Waals surface area (Å²) in [7, 11) is -3.07. The average molecular weight is 333 g/mol. The van der Waals surface area contributed by atoms with Crippen molar-refractivity contribution >= 4 is 9.84 Å². The standard InChI is InChI=1S/C17H19NO4S/c19-17(10-14-2-1-3-15(11-17)23(14,20)21)13-6-4-12(5-7-13)16-8-9-18-22-16/h4-9,14-15,19H,1-3,10-11H2. The molecule has 122 valence electrons. The Morgan fingerprint density at radius 2 is 1.74 bits per heavy atom. The summed E-state index contributed by atoms with van der Waals surface area (Å²) in [6.45, 7) is 0. The Balaban J connectivity index is 1.65. The van der Waals surface area contributed by atoms with Crippen molar-refractivity contribution in [3.8, 4) is 11.3 Å². The minimum Gasteiger partial charge on any atom is -0.385 e. The number of benzene rings is 1. The van der Waals surface area contributed by atoms with E-state index in [1.165, 1.54) is 0 Å². The fourth-order valence-corrected chi connectivity index (χ4v) is 6.54. The van der Waals surface area contributed by atoms with Crippen LogP contribution >= 0.6 is 0 Å². The third kappa shape index (κ3) is 2.40. The first-order valence-corrected chi connectivity index (χ1v) is 9.57. The molecule has 2 aliphatic rings. The number of sulfone groups is 1. The Hall–Kier alpha value is -1.66. The molecule has 2 bridgehead atoms. The van der Waals surface area contributed by atoms with Crippen LogP contribution in [0.25, 0.3) is 11.3 Å². The molecule has 1 aromatic carbocycles. The minimum absolute atomic E-state index is 0.299. The minimum atomic E-state index is -3.07. The van der Waals surface area contributed by atoms with Gasteiger partial charge in [0.1, 0.15) is 0 Å². The molecule has 5 nitrogen and oxygen atoms in total. The van der Waals surface area contributed by atoms with E-state index in [2.05, 4.69) is 5.16 Å². The monoisotopic (exact) mass is 333 g/mol. The number of aliphatic hydroxyl groups is 1. The molecule has 6 heteroatoms. The molecule has 0 aliphatic carbocycles. The van der Waals surface area contributed by atoms with E-state index >= 15 is 0 Å².